The molecule has 0 saturated carbocycles. The van der Waals surface area contributed by atoms with Crippen molar-refractivity contribution >= 4 is 11.9 Å². The van der Waals surface area contributed by atoms with Gasteiger partial charge in [0.1, 0.15) is 12.7 Å². The summed E-state index contributed by atoms with van der Waals surface area (Å²) in [5, 5.41) is 15.6. The van der Waals surface area contributed by atoms with Crippen LogP contribution in [0.2, 0.25) is 0 Å². The Kier molecular flexibility index (Phi) is 4.32. The summed E-state index contributed by atoms with van der Waals surface area (Å²) >= 11 is 0. The predicted octanol–water partition coefficient (Wildman–Crippen LogP) is 1.11. The molecule has 0 spiro atoms. The number of amides is 1. The Balaban J connectivity index is 2.13. The first-order valence-electron chi connectivity index (χ1n) is 6.48. The standard InChI is InChI=1S/C14H16N4O3/c1-9(14(20)21)10(2)17-13(19)11-4-3-5-12(6-11)18-8-15-7-16-18/h3-10H,1-2H3,(H,17,19)(H,20,21). The van der Waals surface area contributed by atoms with E-state index in [9.17, 15) is 9.59 Å². The zero-order valence-electron chi connectivity index (χ0n) is 11.7. The highest BCUT2D eigenvalue weighted by atomic mass is 16.4. The van der Waals surface area contributed by atoms with Crippen molar-refractivity contribution in [2.75, 3.05) is 0 Å². The maximum absolute atomic E-state index is 12.2. The van der Waals surface area contributed by atoms with E-state index in [0.717, 1.165) is 0 Å². The molecule has 7 nitrogen and oxygen atoms in total. The molecule has 1 amide bonds. The van der Waals surface area contributed by atoms with Gasteiger partial charge in [-0.25, -0.2) is 9.67 Å². The first-order valence-corrected chi connectivity index (χ1v) is 6.48. The summed E-state index contributed by atoms with van der Waals surface area (Å²) in [5.74, 6) is -1.93. The van der Waals surface area contributed by atoms with E-state index in [1.54, 1.807) is 42.8 Å². The van der Waals surface area contributed by atoms with Gasteiger partial charge in [-0.1, -0.05) is 6.07 Å². The quantitative estimate of drug-likeness (QED) is 0.859. The number of rotatable bonds is 5. The maximum atomic E-state index is 12.2. The van der Waals surface area contributed by atoms with Gasteiger partial charge >= 0.3 is 5.97 Å². The molecule has 110 valence electrons. The van der Waals surface area contributed by atoms with E-state index in [1.165, 1.54) is 12.7 Å². The van der Waals surface area contributed by atoms with Crippen LogP contribution in [0, 0.1) is 5.92 Å². The molecule has 0 fully saturated rings. The molecule has 0 radical (unpaired) electrons. The zero-order valence-corrected chi connectivity index (χ0v) is 11.7. The van der Waals surface area contributed by atoms with Gasteiger partial charge in [-0.15, -0.1) is 0 Å². The number of carboxylic acid groups (broad SMARTS) is 1. The molecule has 0 aliphatic rings. The van der Waals surface area contributed by atoms with Crippen LogP contribution in [-0.2, 0) is 4.79 Å². The number of carbonyl (C=O) groups excluding carboxylic acids is 1. The molecule has 0 bridgehead atoms. The Bertz CT molecular complexity index is 639. The van der Waals surface area contributed by atoms with Crippen LogP contribution in [0.1, 0.15) is 24.2 Å². The smallest absolute Gasteiger partial charge is 0.308 e. The van der Waals surface area contributed by atoms with Crippen molar-refractivity contribution < 1.29 is 14.7 Å². The number of aliphatic carboxylic acids is 1. The summed E-state index contributed by atoms with van der Waals surface area (Å²) in [7, 11) is 0. The van der Waals surface area contributed by atoms with Gasteiger partial charge in [-0.2, -0.15) is 5.10 Å². The average Bonchev–Trinajstić information content (AvgIpc) is 3.00. The van der Waals surface area contributed by atoms with Crippen molar-refractivity contribution in [1.29, 1.82) is 0 Å². The number of benzene rings is 1. The topological polar surface area (TPSA) is 97.1 Å². The van der Waals surface area contributed by atoms with Crippen LogP contribution in [0.4, 0.5) is 0 Å². The van der Waals surface area contributed by atoms with Gasteiger partial charge in [0.05, 0.1) is 11.6 Å². The van der Waals surface area contributed by atoms with Gasteiger partial charge in [-0.3, -0.25) is 9.59 Å². The van der Waals surface area contributed by atoms with Crippen molar-refractivity contribution in [2.45, 2.75) is 19.9 Å². The van der Waals surface area contributed by atoms with Crippen LogP contribution >= 0.6 is 0 Å². The van der Waals surface area contributed by atoms with Gasteiger partial charge in [0.15, 0.2) is 0 Å². The minimum atomic E-state index is -0.945. The Labute approximate surface area is 121 Å². The van der Waals surface area contributed by atoms with Gasteiger partial charge in [-0.05, 0) is 32.0 Å². The van der Waals surface area contributed by atoms with Crippen LogP contribution in [0.25, 0.3) is 5.69 Å². The second-order valence-electron chi connectivity index (χ2n) is 4.78. The third-order valence-electron chi connectivity index (χ3n) is 3.29. The number of hydrogen-bond acceptors (Lipinski definition) is 4. The molecule has 2 rings (SSSR count). The van der Waals surface area contributed by atoms with Gasteiger partial charge < -0.3 is 10.4 Å². The third-order valence-corrected chi connectivity index (χ3v) is 3.29. The molecular weight excluding hydrogens is 272 g/mol. The minimum absolute atomic E-state index is 0.322. The summed E-state index contributed by atoms with van der Waals surface area (Å²) in [6.45, 7) is 3.22. The average molecular weight is 288 g/mol. The highest BCUT2D eigenvalue weighted by Gasteiger charge is 2.21. The van der Waals surface area contributed by atoms with Crippen molar-refractivity contribution in [1.82, 2.24) is 20.1 Å². The number of carboxylic acids is 1. The van der Waals surface area contributed by atoms with E-state index in [1.807, 2.05) is 0 Å². The lowest BCUT2D eigenvalue weighted by Crippen LogP contribution is -2.40. The lowest BCUT2D eigenvalue weighted by atomic mass is 10.0. The first kappa shape index (κ1) is 14.7. The van der Waals surface area contributed by atoms with Crippen molar-refractivity contribution in [3.8, 4) is 5.69 Å². The molecule has 0 aliphatic heterocycles. The van der Waals surface area contributed by atoms with Crippen LogP contribution in [0.3, 0.4) is 0 Å². The number of nitrogens with one attached hydrogen (secondary N) is 1. The van der Waals surface area contributed by atoms with E-state index in [0.29, 0.717) is 11.3 Å². The lowest BCUT2D eigenvalue weighted by Gasteiger charge is -2.17. The van der Waals surface area contributed by atoms with Crippen LogP contribution in [0.5, 0.6) is 0 Å². The fraction of sp³-hybridized carbons (Fsp3) is 0.286. The number of nitrogens with zero attached hydrogens (tertiary/aromatic N) is 3. The third kappa shape index (κ3) is 3.44. The second kappa shape index (κ2) is 6.17. The van der Waals surface area contributed by atoms with Gasteiger partial charge in [0.2, 0.25) is 0 Å². The second-order valence-corrected chi connectivity index (χ2v) is 4.78. The highest BCUT2D eigenvalue weighted by molar-refractivity contribution is 5.95. The van der Waals surface area contributed by atoms with Crippen molar-refractivity contribution in [3.63, 3.8) is 0 Å². The molecule has 0 saturated heterocycles. The van der Waals surface area contributed by atoms with E-state index in [2.05, 4.69) is 15.4 Å². The molecule has 2 N–H and O–H groups in total. The minimum Gasteiger partial charge on any atom is -0.481 e. The van der Waals surface area contributed by atoms with Crippen LogP contribution < -0.4 is 5.32 Å². The van der Waals surface area contributed by atoms with Crippen molar-refractivity contribution in [2.24, 2.45) is 5.92 Å². The molecule has 0 aliphatic carbocycles. The molecular formula is C14H16N4O3. The Morgan fingerprint density at radius 3 is 2.71 bits per heavy atom. The van der Waals surface area contributed by atoms with Gasteiger partial charge in [0, 0.05) is 11.6 Å². The number of carbonyl (C=O) groups is 2. The number of aromatic nitrogens is 3. The van der Waals surface area contributed by atoms with E-state index in [-0.39, 0.29) is 5.91 Å². The monoisotopic (exact) mass is 288 g/mol. The molecule has 2 atom stereocenters. The summed E-state index contributed by atoms with van der Waals surface area (Å²) in [6.07, 6.45) is 2.94. The fourth-order valence-corrected chi connectivity index (χ4v) is 1.76. The van der Waals surface area contributed by atoms with Crippen LogP contribution in [-0.4, -0.2) is 37.8 Å². The Morgan fingerprint density at radius 2 is 2.10 bits per heavy atom. The molecule has 7 heteroatoms. The van der Waals surface area contributed by atoms with Crippen LogP contribution in [0.15, 0.2) is 36.9 Å². The Morgan fingerprint density at radius 1 is 1.33 bits per heavy atom. The van der Waals surface area contributed by atoms with E-state index in [4.69, 9.17) is 5.11 Å². The maximum Gasteiger partial charge on any atom is 0.308 e. The molecule has 1 heterocycles. The fourth-order valence-electron chi connectivity index (χ4n) is 1.76. The predicted molar refractivity (Wildman–Crippen MR) is 75.1 cm³/mol. The highest BCUT2D eigenvalue weighted by Crippen LogP contribution is 2.10. The summed E-state index contributed by atoms with van der Waals surface area (Å²) < 4.78 is 1.54. The summed E-state index contributed by atoms with van der Waals surface area (Å²) in [6, 6.07) is 6.40. The van der Waals surface area contributed by atoms with Gasteiger partial charge in [0.25, 0.3) is 5.91 Å². The Hall–Kier alpha value is -2.70. The largest absolute Gasteiger partial charge is 0.481 e. The van der Waals surface area contributed by atoms with E-state index >= 15 is 0 Å². The summed E-state index contributed by atoms with van der Waals surface area (Å²) in [5.41, 5.74) is 1.14. The molecule has 21 heavy (non-hydrogen) atoms. The van der Waals surface area contributed by atoms with Crippen molar-refractivity contribution in [3.05, 3.63) is 42.5 Å². The van der Waals surface area contributed by atoms with E-state index < -0.39 is 17.9 Å². The summed E-state index contributed by atoms with van der Waals surface area (Å²) in [4.78, 5) is 26.9. The molecule has 1 aromatic heterocycles. The lowest BCUT2D eigenvalue weighted by molar-refractivity contribution is -0.141. The zero-order chi connectivity index (χ0) is 15.4. The molecule has 2 aromatic rings. The normalized spacial score (nSPS) is 13.4. The molecule has 1 aromatic carbocycles. The molecule has 2 unspecified atom stereocenters. The number of hydrogen-bond donors (Lipinski definition) is 2. The first-order chi connectivity index (χ1) is 9.99. The SMILES string of the molecule is CC(NC(=O)c1cccc(-n2cncn2)c1)C(C)C(=O)O.